The minimum absolute atomic E-state index is 0.0239. The Hall–Kier alpha value is -1.59. The van der Waals surface area contributed by atoms with Crippen molar-refractivity contribution in [2.24, 2.45) is 0 Å². The molecule has 1 saturated heterocycles. The van der Waals surface area contributed by atoms with Gasteiger partial charge in [-0.1, -0.05) is 25.1 Å². The predicted molar refractivity (Wildman–Crippen MR) is 84.1 cm³/mol. The molecule has 1 aliphatic carbocycles. The van der Waals surface area contributed by atoms with Crippen molar-refractivity contribution in [2.75, 3.05) is 20.3 Å². The van der Waals surface area contributed by atoms with Crippen molar-refractivity contribution in [3.8, 4) is 5.75 Å². The Bertz CT molecular complexity index is 563. The second-order valence-corrected chi connectivity index (χ2v) is 6.39. The zero-order chi connectivity index (χ0) is 15.7. The van der Waals surface area contributed by atoms with Gasteiger partial charge in [-0.05, 0) is 19.4 Å². The maximum atomic E-state index is 12.4. The fourth-order valence-electron chi connectivity index (χ4n) is 3.28. The molecule has 2 fully saturated rings. The van der Waals surface area contributed by atoms with Crippen molar-refractivity contribution in [1.29, 1.82) is 0 Å². The first-order valence-corrected chi connectivity index (χ1v) is 7.85. The molecule has 1 heterocycles. The van der Waals surface area contributed by atoms with Crippen LogP contribution in [-0.4, -0.2) is 44.4 Å². The molecule has 1 amide bonds. The first-order chi connectivity index (χ1) is 10.6. The highest BCUT2D eigenvalue weighted by molar-refractivity contribution is 5.83. The summed E-state index contributed by atoms with van der Waals surface area (Å²) in [5.41, 5.74) is 1.10. The Kier molecular flexibility index (Phi) is 4.10. The molecular weight excluding hydrogens is 280 g/mol. The Labute approximate surface area is 131 Å². The van der Waals surface area contributed by atoms with Crippen molar-refractivity contribution >= 4 is 5.91 Å². The van der Waals surface area contributed by atoms with Crippen LogP contribution in [0.25, 0.3) is 0 Å². The molecule has 1 aliphatic heterocycles. The third-order valence-electron chi connectivity index (χ3n) is 4.87. The Balaban J connectivity index is 1.67. The third-order valence-corrected chi connectivity index (χ3v) is 4.87. The lowest BCUT2D eigenvalue weighted by Gasteiger charge is -2.29. The van der Waals surface area contributed by atoms with E-state index in [4.69, 9.17) is 9.47 Å². The Morgan fingerprint density at radius 1 is 1.45 bits per heavy atom. The minimum Gasteiger partial charge on any atom is -0.496 e. The monoisotopic (exact) mass is 304 g/mol. The van der Waals surface area contributed by atoms with Crippen molar-refractivity contribution in [1.82, 2.24) is 10.6 Å². The average molecular weight is 304 g/mol. The smallest absolute Gasteiger partial charge is 0.240 e. The molecule has 22 heavy (non-hydrogen) atoms. The molecule has 3 rings (SSSR count). The number of ether oxygens (including phenoxy) is 2. The van der Waals surface area contributed by atoms with E-state index in [9.17, 15) is 4.79 Å². The van der Waals surface area contributed by atoms with Crippen LogP contribution in [0.2, 0.25) is 0 Å². The first kappa shape index (κ1) is 15.3. The van der Waals surface area contributed by atoms with Gasteiger partial charge < -0.3 is 20.1 Å². The maximum absolute atomic E-state index is 12.4. The predicted octanol–water partition coefficient (Wildman–Crippen LogP) is 1.22. The normalized spacial score (nSPS) is 34.0. The number of carbonyl (C=O) groups excluding carboxylic acids is 1. The molecule has 5 heteroatoms. The van der Waals surface area contributed by atoms with E-state index in [2.05, 4.69) is 23.6 Å². The van der Waals surface area contributed by atoms with Gasteiger partial charge >= 0.3 is 0 Å². The quantitative estimate of drug-likeness (QED) is 0.878. The van der Waals surface area contributed by atoms with Gasteiger partial charge in [-0.25, -0.2) is 0 Å². The highest BCUT2D eigenvalue weighted by Gasteiger charge is 2.54. The second-order valence-electron chi connectivity index (χ2n) is 6.39. The molecule has 120 valence electrons. The van der Waals surface area contributed by atoms with Gasteiger partial charge in [0, 0.05) is 23.6 Å². The van der Waals surface area contributed by atoms with Crippen LogP contribution in [0.15, 0.2) is 24.3 Å². The van der Waals surface area contributed by atoms with Crippen LogP contribution < -0.4 is 15.4 Å². The summed E-state index contributed by atoms with van der Waals surface area (Å²) in [4.78, 5) is 12.4. The summed E-state index contributed by atoms with van der Waals surface area (Å²) in [6, 6.07) is 7.90. The fraction of sp³-hybridized carbons (Fsp3) is 0.588. The lowest BCUT2D eigenvalue weighted by atomic mass is 9.96. The van der Waals surface area contributed by atoms with E-state index < -0.39 is 0 Å². The second kappa shape index (κ2) is 5.89. The molecule has 0 spiro atoms. The molecule has 1 aromatic rings. The maximum Gasteiger partial charge on any atom is 0.240 e. The van der Waals surface area contributed by atoms with Crippen LogP contribution in [-0.2, 0) is 14.9 Å². The van der Waals surface area contributed by atoms with Gasteiger partial charge in [0.25, 0.3) is 0 Å². The highest BCUT2D eigenvalue weighted by atomic mass is 16.5. The summed E-state index contributed by atoms with van der Waals surface area (Å²) in [5, 5.41) is 6.39. The van der Waals surface area contributed by atoms with Crippen molar-refractivity contribution in [3.05, 3.63) is 29.8 Å². The van der Waals surface area contributed by atoms with E-state index in [1.54, 1.807) is 7.11 Å². The third kappa shape index (κ3) is 2.71. The number of hydrogen-bond acceptors (Lipinski definition) is 4. The molecule has 0 bridgehead atoms. The van der Waals surface area contributed by atoms with Crippen LogP contribution >= 0.6 is 0 Å². The number of rotatable bonds is 4. The molecule has 1 aromatic carbocycles. The molecule has 4 atom stereocenters. The standard InChI is InChI=1S/C17H24N2O3/c1-11-15(18-8-9-22-11)16(20)19-14-10-17(14,2)12-6-4-5-7-13(12)21-3/h4-7,11,14-15,18H,8-10H2,1-3H3,(H,19,20)/t11-,14?,15+,17?/m1/s1. The molecule has 2 N–H and O–H groups in total. The average Bonchev–Trinajstić information content (AvgIpc) is 3.18. The van der Waals surface area contributed by atoms with Gasteiger partial charge in [0.1, 0.15) is 11.8 Å². The molecule has 2 unspecified atom stereocenters. The topological polar surface area (TPSA) is 59.6 Å². The van der Waals surface area contributed by atoms with E-state index in [1.165, 1.54) is 0 Å². The van der Waals surface area contributed by atoms with Crippen molar-refractivity contribution in [3.63, 3.8) is 0 Å². The van der Waals surface area contributed by atoms with Gasteiger partial charge in [-0.3, -0.25) is 4.79 Å². The first-order valence-electron chi connectivity index (χ1n) is 7.85. The number of hydrogen-bond donors (Lipinski definition) is 2. The fourth-order valence-corrected chi connectivity index (χ4v) is 3.28. The number of morpholine rings is 1. The summed E-state index contributed by atoms with van der Waals surface area (Å²) < 4.78 is 11.0. The van der Waals surface area contributed by atoms with E-state index in [1.807, 2.05) is 25.1 Å². The number of benzene rings is 1. The Morgan fingerprint density at radius 3 is 2.95 bits per heavy atom. The van der Waals surface area contributed by atoms with Crippen LogP contribution in [0, 0.1) is 0 Å². The molecule has 0 radical (unpaired) electrons. The molecular formula is C17H24N2O3. The zero-order valence-electron chi connectivity index (χ0n) is 13.4. The summed E-state index contributed by atoms with van der Waals surface area (Å²) in [6.45, 7) is 5.48. The van der Waals surface area contributed by atoms with E-state index in [0.717, 1.165) is 24.3 Å². The van der Waals surface area contributed by atoms with Gasteiger partial charge in [-0.15, -0.1) is 0 Å². The number of methoxy groups -OCH3 is 1. The van der Waals surface area contributed by atoms with E-state index in [0.29, 0.717) is 6.61 Å². The summed E-state index contributed by atoms with van der Waals surface area (Å²) in [7, 11) is 1.68. The van der Waals surface area contributed by atoms with Gasteiger partial charge in [0.15, 0.2) is 0 Å². The molecule has 5 nitrogen and oxygen atoms in total. The van der Waals surface area contributed by atoms with E-state index in [-0.39, 0.29) is 29.5 Å². The number of carbonyl (C=O) groups is 1. The van der Waals surface area contributed by atoms with Crippen LogP contribution in [0.4, 0.5) is 0 Å². The van der Waals surface area contributed by atoms with Gasteiger partial charge in [-0.2, -0.15) is 0 Å². The molecule has 1 saturated carbocycles. The summed E-state index contributed by atoms with van der Waals surface area (Å²) in [5.74, 6) is 0.907. The van der Waals surface area contributed by atoms with Crippen LogP contribution in [0.3, 0.4) is 0 Å². The lowest BCUT2D eigenvalue weighted by Crippen LogP contribution is -2.56. The summed E-state index contributed by atoms with van der Waals surface area (Å²) >= 11 is 0. The number of nitrogens with one attached hydrogen (secondary N) is 2. The molecule has 2 aliphatic rings. The van der Waals surface area contributed by atoms with Crippen molar-refractivity contribution < 1.29 is 14.3 Å². The molecule has 0 aromatic heterocycles. The van der Waals surface area contributed by atoms with Crippen molar-refractivity contribution in [2.45, 2.75) is 43.9 Å². The van der Waals surface area contributed by atoms with Crippen LogP contribution in [0.5, 0.6) is 5.75 Å². The Morgan fingerprint density at radius 2 is 2.23 bits per heavy atom. The van der Waals surface area contributed by atoms with Gasteiger partial charge in [0.2, 0.25) is 5.91 Å². The van der Waals surface area contributed by atoms with Crippen LogP contribution in [0.1, 0.15) is 25.8 Å². The highest BCUT2D eigenvalue weighted by Crippen LogP contribution is 2.51. The summed E-state index contributed by atoms with van der Waals surface area (Å²) in [6.07, 6.45) is 0.839. The largest absolute Gasteiger partial charge is 0.496 e. The number of para-hydroxylation sites is 1. The van der Waals surface area contributed by atoms with Gasteiger partial charge in [0.05, 0.1) is 19.8 Å². The van der Waals surface area contributed by atoms with E-state index >= 15 is 0 Å². The zero-order valence-corrected chi connectivity index (χ0v) is 13.4. The minimum atomic E-state index is -0.267. The SMILES string of the molecule is COc1ccccc1C1(C)CC1NC(=O)[C@H]1NCCO[C@@H]1C. The lowest BCUT2D eigenvalue weighted by molar-refractivity contribution is -0.129. The number of amides is 1.